The van der Waals surface area contributed by atoms with Crippen LogP contribution in [0.25, 0.3) is 0 Å². The van der Waals surface area contributed by atoms with E-state index < -0.39 is 0 Å². The topological polar surface area (TPSA) is 76.0 Å². The van der Waals surface area contributed by atoms with E-state index in [9.17, 15) is 14.0 Å². The van der Waals surface area contributed by atoms with Crippen molar-refractivity contribution in [3.8, 4) is 0 Å². The summed E-state index contributed by atoms with van der Waals surface area (Å²) in [5.41, 5.74) is 7.11. The normalized spacial score (nSPS) is 10.4. The predicted octanol–water partition coefficient (Wildman–Crippen LogP) is 1.42. The zero-order valence-corrected chi connectivity index (χ0v) is 13.1. The fourth-order valence-corrected chi connectivity index (χ4v) is 2.16. The second kappa shape index (κ2) is 7.53. The molecule has 0 bridgehead atoms. The second-order valence-electron chi connectivity index (χ2n) is 5.31. The first kappa shape index (κ1) is 16.7. The van der Waals surface area contributed by atoms with Crippen LogP contribution in [0.15, 0.2) is 30.3 Å². The third-order valence-corrected chi connectivity index (χ3v) is 3.27. The fourth-order valence-electron chi connectivity index (χ4n) is 2.16. The molecule has 2 rings (SSSR count). The van der Waals surface area contributed by atoms with Gasteiger partial charge in [-0.3, -0.25) is 25.1 Å². The first-order valence-electron chi connectivity index (χ1n) is 7.27. The van der Waals surface area contributed by atoms with E-state index in [0.717, 1.165) is 17.0 Å². The van der Waals surface area contributed by atoms with Crippen molar-refractivity contribution in [2.75, 3.05) is 0 Å². The van der Waals surface area contributed by atoms with Crippen LogP contribution in [0.4, 0.5) is 4.39 Å². The van der Waals surface area contributed by atoms with Gasteiger partial charge in [0.25, 0.3) is 5.91 Å². The average molecular weight is 318 g/mol. The molecule has 1 heterocycles. The lowest BCUT2D eigenvalue weighted by molar-refractivity contribution is -0.129. The lowest BCUT2D eigenvalue weighted by Gasteiger charge is -2.08. The number of hydrogen-bond donors (Lipinski definition) is 2. The summed E-state index contributed by atoms with van der Waals surface area (Å²) in [5, 5.41) is 4.17. The molecule has 2 N–H and O–H groups in total. The summed E-state index contributed by atoms with van der Waals surface area (Å²) < 4.78 is 14.6. The van der Waals surface area contributed by atoms with Crippen LogP contribution >= 0.6 is 0 Å². The summed E-state index contributed by atoms with van der Waals surface area (Å²) in [4.78, 5) is 23.4. The maximum atomic E-state index is 13.0. The number of hydrogen-bond acceptors (Lipinski definition) is 3. The van der Waals surface area contributed by atoms with Gasteiger partial charge in [0.1, 0.15) is 12.4 Å². The van der Waals surface area contributed by atoms with Gasteiger partial charge >= 0.3 is 0 Å². The molecule has 6 nitrogen and oxygen atoms in total. The van der Waals surface area contributed by atoms with Gasteiger partial charge in [0, 0.05) is 12.1 Å². The Morgan fingerprint density at radius 1 is 1.17 bits per heavy atom. The van der Waals surface area contributed by atoms with Gasteiger partial charge < -0.3 is 0 Å². The van der Waals surface area contributed by atoms with E-state index in [1.54, 1.807) is 16.8 Å². The quantitative estimate of drug-likeness (QED) is 0.819. The van der Waals surface area contributed by atoms with E-state index in [1.165, 1.54) is 12.1 Å². The zero-order valence-electron chi connectivity index (χ0n) is 13.1. The highest BCUT2D eigenvalue weighted by atomic mass is 19.1. The number of aromatic nitrogens is 2. The van der Waals surface area contributed by atoms with Gasteiger partial charge in [0.15, 0.2) is 0 Å². The van der Waals surface area contributed by atoms with Crippen molar-refractivity contribution in [3.05, 3.63) is 53.1 Å². The highest BCUT2D eigenvalue weighted by Gasteiger charge is 2.08. The van der Waals surface area contributed by atoms with Crippen molar-refractivity contribution in [2.45, 2.75) is 33.2 Å². The maximum Gasteiger partial charge on any atom is 0.260 e. The van der Waals surface area contributed by atoms with E-state index in [-0.39, 0.29) is 30.6 Å². The number of benzene rings is 1. The third-order valence-electron chi connectivity index (χ3n) is 3.27. The van der Waals surface area contributed by atoms with Gasteiger partial charge in [-0.2, -0.15) is 5.10 Å². The van der Waals surface area contributed by atoms with Crippen molar-refractivity contribution in [2.24, 2.45) is 0 Å². The van der Waals surface area contributed by atoms with Crippen LogP contribution in [0.3, 0.4) is 0 Å². The number of rotatable bonds is 5. The molecule has 1 aromatic heterocycles. The lowest BCUT2D eigenvalue weighted by Crippen LogP contribution is -2.43. The van der Waals surface area contributed by atoms with E-state index in [2.05, 4.69) is 16.0 Å². The van der Waals surface area contributed by atoms with E-state index in [4.69, 9.17) is 0 Å². The smallest absolute Gasteiger partial charge is 0.260 e. The van der Waals surface area contributed by atoms with Crippen molar-refractivity contribution in [3.63, 3.8) is 0 Å². The zero-order chi connectivity index (χ0) is 16.8. The molecule has 0 aliphatic rings. The molecule has 0 spiro atoms. The summed E-state index contributed by atoms with van der Waals surface area (Å²) in [7, 11) is 0. The van der Waals surface area contributed by atoms with Crippen LogP contribution in [0.1, 0.15) is 23.4 Å². The molecule has 0 saturated heterocycles. The molecule has 0 aliphatic heterocycles. The number of carbonyl (C=O) groups excluding carboxylic acids is 2. The first-order chi connectivity index (χ1) is 10.9. The van der Waals surface area contributed by atoms with Crippen LogP contribution in [-0.2, 0) is 22.6 Å². The maximum absolute atomic E-state index is 13.0. The molecule has 0 atom stereocenters. The highest BCUT2D eigenvalue weighted by molar-refractivity contribution is 5.81. The Kier molecular flexibility index (Phi) is 5.46. The first-order valence-corrected chi connectivity index (χ1v) is 7.27. The van der Waals surface area contributed by atoms with E-state index >= 15 is 0 Å². The van der Waals surface area contributed by atoms with Crippen molar-refractivity contribution in [1.82, 2.24) is 20.6 Å². The van der Waals surface area contributed by atoms with E-state index in [0.29, 0.717) is 6.42 Å². The summed E-state index contributed by atoms with van der Waals surface area (Å²) in [6.07, 6.45) is 0.556. The fraction of sp³-hybridized carbons (Fsp3) is 0.312. The standard InChI is InChI=1S/C16H19FN4O2/c1-11-8-12(2)21(20-11)10-16(23)19-18-15(22)7-6-13-4-3-5-14(17)9-13/h3-5,8-9H,6-7,10H2,1-2H3,(H,18,22)(H,19,23). The third kappa shape index (κ3) is 5.21. The minimum atomic E-state index is -0.365. The summed E-state index contributed by atoms with van der Waals surface area (Å²) in [5.74, 6) is -1.03. The van der Waals surface area contributed by atoms with Crippen molar-refractivity contribution >= 4 is 11.8 Å². The van der Waals surface area contributed by atoms with Gasteiger partial charge in [-0.1, -0.05) is 12.1 Å². The lowest BCUT2D eigenvalue weighted by atomic mass is 10.1. The number of nitrogens with one attached hydrogen (secondary N) is 2. The van der Waals surface area contributed by atoms with E-state index in [1.807, 2.05) is 19.9 Å². The molecule has 0 radical (unpaired) electrons. The molecular formula is C16H19FN4O2. The molecule has 0 saturated carbocycles. The molecule has 0 aliphatic carbocycles. The number of halogens is 1. The molecule has 2 amide bonds. The van der Waals surface area contributed by atoms with Gasteiger partial charge in [-0.25, -0.2) is 4.39 Å². The largest absolute Gasteiger partial charge is 0.273 e. The second-order valence-corrected chi connectivity index (χ2v) is 5.31. The van der Waals surface area contributed by atoms with Gasteiger partial charge in [0.05, 0.1) is 5.69 Å². The molecule has 0 fully saturated rings. The Morgan fingerprint density at radius 3 is 2.57 bits per heavy atom. The van der Waals surface area contributed by atoms with Gasteiger partial charge in [-0.05, 0) is 44.0 Å². The SMILES string of the molecule is Cc1cc(C)n(CC(=O)NNC(=O)CCc2cccc(F)c2)n1. The Morgan fingerprint density at radius 2 is 1.91 bits per heavy atom. The van der Waals surface area contributed by atoms with Crippen molar-refractivity contribution in [1.29, 1.82) is 0 Å². The minimum absolute atomic E-state index is 0.0316. The predicted molar refractivity (Wildman–Crippen MR) is 82.7 cm³/mol. The van der Waals surface area contributed by atoms with Gasteiger partial charge in [0.2, 0.25) is 5.91 Å². The Balaban J connectivity index is 1.73. The van der Waals surface area contributed by atoms with Crippen LogP contribution in [0, 0.1) is 19.7 Å². The molecule has 122 valence electrons. The number of carbonyl (C=O) groups is 2. The number of amides is 2. The average Bonchev–Trinajstić information content (AvgIpc) is 2.81. The van der Waals surface area contributed by atoms with Crippen molar-refractivity contribution < 1.29 is 14.0 Å². The molecule has 0 unspecified atom stereocenters. The van der Waals surface area contributed by atoms with Crippen LogP contribution < -0.4 is 10.9 Å². The number of nitrogens with zero attached hydrogens (tertiary/aromatic N) is 2. The Labute approximate surface area is 133 Å². The Bertz CT molecular complexity index is 712. The molecule has 7 heteroatoms. The molecule has 1 aromatic carbocycles. The van der Waals surface area contributed by atoms with Crippen LogP contribution in [0.2, 0.25) is 0 Å². The van der Waals surface area contributed by atoms with Crippen LogP contribution in [-0.4, -0.2) is 21.6 Å². The molecular weight excluding hydrogens is 299 g/mol. The highest BCUT2D eigenvalue weighted by Crippen LogP contribution is 2.06. The minimum Gasteiger partial charge on any atom is -0.273 e. The summed E-state index contributed by atoms with van der Waals surface area (Å²) in [6, 6.07) is 7.94. The molecule has 23 heavy (non-hydrogen) atoms. The number of hydrazine groups is 1. The molecule has 2 aromatic rings. The summed E-state index contributed by atoms with van der Waals surface area (Å²) >= 11 is 0. The number of aryl methyl sites for hydroxylation is 3. The van der Waals surface area contributed by atoms with Crippen LogP contribution in [0.5, 0.6) is 0 Å². The monoisotopic (exact) mass is 318 g/mol. The summed E-state index contributed by atoms with van der Waals surface area (Å²) in [6.45, 7) is 3.73. The van der Waals surface area contributed by atoms with Gasteiger partial charge in [-0.15, -0.1) is 0 Å². The Hall–Kier alpha value is -2.70.